The average molecular weight is 319 g/mol. The Labute approximate surface area is 132 Å². The molecule has 0 spiro atoms. The molecule has 0 unspecified atom stereocenters. The van der Waals surface area contributed by atoms with E-state index in [1.54, 1.807) is 17.0 Å². The number of ether oxygens (including phenoxy) is 1. The third kappa shape index (κ3) is 3.59. The molecule has 1 aromatic carbocycles. The van der Waals surface area contributed by atoms with Crippen LogP contribution >= 0.6 is 11.8 Å². The number of amidine groups is 1. The van der Waals surface area contributed by atoms with Gasteiger partial charge in [-0.25, -0.2) is 0 Å². The predicted octanol–water partition coefficient (Wildman–Crippen LogP) is 1.41. The molecule has 1 N–H and O–H groups in total. The van der Waals surface area contributed by atoms with Crippen molar-refractivity contribution in [1.29, 1.82) is 0 Å². The topological polar surface area (TPSA) is 71.0 Å². The monoisotopic (exact) mass is 319 g/mol. The predicted molar refractivity (Wildman–Crippen MR) is 86.4 cm³/mol. The molecule has 0 bridgehead atoms. The molecule has 2 amide bonds. The zero-order valence-electron chi connectivity index (χ0n) is 12.1. The third-order valence-corrected chi connectivity index (χ3v) is 4.31. The van der Waals surface area contributed by atoms with Crippen LogP contribution in [-0.4, -0.2) is 42.4 Å². The van der Waals surface area contributed by atoms with Gasteiger partial charge < -0.3 is 15.0 Å². The van der Waals surface area contributed by atoms with E-state index in [9.17, 15) is 9.59 Å². The Bertz CT molecular complexity index is 601. The number of hydrogen-bond acceptors (Lipinski definition) is 5. The first kappa shape index (κ1) is 14.9. The van der Waals surface area contributed by atoms with E-state index >= 15 is 0 Å². The van der Waals surface area contributed by atoms with Crippen LogP contribution in [0.4, 0.5) is 5.69 Å². The highest BCUT2D eigenvalue weighted by Crippen LogP contribution is 2.23. The Kier molecular flexibility index (Phi) is 4.62. The number of benzene rings is 1. The Morgan fingerprint density at radius 2 is 2.18 bits per heavy atom. The maximum absolute atomic E-state index is 11.7. The largest absolute Gasteiger partial charge is 0.484 e. The van der Waals surface area contributed by atoms with Gasteiger partial charge in [-0.2, -0.15) is 0 Å². The van der Waals surface area contributed by atoms with Crippen LogP contribution in [0.25, 0.3) is 0 Å². The molecule has 116 valence electrons. The number of aliphatic imine (C=N–C) groups is 1. The zero-order chi connectivity index (χ0) is 15.4. The first-order valence-electron chi connectivity index (χ1n) is 7.23. The van der Waals surface area contributed by atoms with E-state index in [1.807, 2.05) is 12.1 Å². The minimum atomic E-state index is -0.216. The Balaban J connectivity index is 1.50. The van der Waals surface area contributed by atoms with Crippen LogP contribution in [-0.2, 0) is 9.59 Å². The molecule has 22 heavy (non-hydrogen) atoms. The smallest absolute Gasteiger partial charge is 0.263 e. The number of nitrogens with one attached hydrogen (secondary N) is 1. The molecule has 2 heterocycles. The van der Waals surface area contributed by atoms with Crippen molar-refractivity contribution >= 4 is 34.4 Å². The summed E-state index contributed by atoms with van der Waals surface area (Å²) in [5.41, 5.74) is 0.871. The molecule has 0 aromatic heterocycles. The van der Waals surface area contributed by atoms with Gasteiger partial charge in [0.2, 0.25) is 5.91 Å². The number of anilines is 1. The van der Waals surface area contributed by atoms with Crippen molar-refractivity contribution in [3.8, 4) is 5.75 Å². The van der Waals surface area contributed by atoms with Crippen molar-refractivity contribution < 1.29 is 14.3 Å². The fourth-order valence-corrected chi connectivity index (χ4v) is 3.10. The van der Waals surface area contributed by atoms with Gasteiger partial charge in [-0.3, -0.25) is 14.6 Å². The van der Waals surface area contributed by atoms with Crippen LogP contribution in [0.1, 0.15) is 12.8 Å². The molecule has 6 nitrogen and oxygen atoms in total. The summed E-state index contributed by atoms with van der Waals surface area (Å²) in [5, 5.41) is 3.37. The number of hydrogen-bond donors (Lipinski definition) is 1. The molecular formula is C15H17N3O3S. The van der Waals surface area contributed by atoms with E-state index in [0.29, 0.717) is 17.3 Å². The van der Waals surface area contributed by atoms with Gasteiger partial charge in [-0.15, -0.1) is 0 Å². The number of amides is 2. The molecule has 3 rings (SSSR count). The normalized spacial score (nSPS) is 17.5. The summed E-state index contributed by atoms with van der Waals surface area (Å²) >= 11 is 1.53. The lowest BCUT2D eigenvalue weighted by molar-refractivity contribution is -0.121. The molecule has 2 aliphatic heterocycles. The fourth-order valence-electron chi connectivity index (χ4n) is 2.36. The lowest BCUT2D eigenvalue weighted by Crippen LogP contribution is -2.32. The average Bonchev–Trinajstić information content (AvgIpc) is 3.17. The molecule has 1 fully saturated rings. The SMILES string of the molecule is O=C(COc1ccc(N2CCCC2=O)cc1)NC1=NCCS1. The van der Waals surface area contributed by atoms with E-state index in [-0.39, 0.29) is 18.4 Å². The van der Waals surface area contributed by atoms with Crippen molar-refractivity contribution in [3.05, 3.63) is 24.3 Å². The van der Waals surface area contributed by atoms with E-state index in [2.05, 4.69) is 10.3 Å². The summed E-state index contributed by atoms with van der Waals surface area (Å²) in [7, 11) is 0. The lowest BCUT2D eigenvalue weighted by Gasteiger charge is -2.16. The summed E-state index contributed by atoms with van der Waals surface area (Å²) in [6.45, 7) is 1.46. The van der Waals surface area contributed by atoms with Crippen LogP contribution in [0.5, 0.6) is 5.75 Å². The van der Waals surface area contributed by atoms with Crippen LogP contribution in [0.2, 0.25) is 0 Å². The molecule has 0 radical (unpaired) electrons. The Morgan fingerprint density at radius 3 is 2.82 bits per heavy atom. The number of carbonyl (C=O) groups is 2. The maximum atomic E-state index is 11.7. The van der Waals surface area contributed by atoms with Crippen LogP contribution in [0, 0.1) is 0 Å². The van der Waals surface area contributed by atoms with Crippen LogP contribution in [0.3, 0.4) is 0 Å². The van der Waals surface area contributed by atoms with E-state index in [4.69, 9.17) is 4.74 Å². The van der Waals surface area contributed by atoms with E-state index < -0.39 is 0 Å². The van der Waals surface area contributed by atoms with Crippen molar-refractivity contribution in [2.75, 3.05) is 30.3 Å². The standard InChI is InChI=1S/C15H17N3O3S/c19-13(17-15-16-7-9-22-15)10-21-12-5-3-11(4-6-12)18-8-1-2-14(18)20/h3-6H,1-2,7-10H2,(H,16,17,19). The van der Waals surface area contributed by atoms with Crippen molar-refractivity contribution in [2.24, 2.45) is 4.99 Å². The molecule has 0 saturated carbocycles. The summed E-state index contributed by atoms with van der Waals surface area (Å²) in [6, 6.07) is 7.23. The van der Waals surface area contributed by atoms with Gasteiger partial charge in [-0.05, 0) is 30.7 Å². The molecular weight excluding hydrogens is 302 g/mol. The van der Waals surface area contributed by atoms with Crippen molar-refractivity contribution in [1.82, 2.24) is 5.32 Å². The second-order valence-electron chi connectivity index (χ2n) is 5.02. The van der Waals surface area contributed by atoms with Gasteiger partial charge in [0.25, 0.3) is 5.91 Å². The highest BCUT2D eigenvalue weighted by atomic mass is 32.2. The molecule has 1 saturated heterocycles. The van der Waals surface area contributed by atoms with Crippen LogP contribution < -0.4 is 15.0 Å². The minimum Gasteiger partial charge on any atom is -0.484 e. The lowest BCUT2D eigenvalue weighted by atomic mass is 10.3. The second kappa shape index (κ2) is 6.83. The molecule has 7 heteroatoms. The van der Waals surface area contributed by atoms with Gasteiger partial charge in [0.05, 0.1) is 6.54 Å². The Morgan fingerprint density at radius 1 is 1.36 bits per heavy atom. The number of nitrogens with zero attached hydrogens (tertiary/aromatic N) is 2. The molecule has 1 aromatic rings. The fraction of sp³-hybridized carbons (Fsp3) is 0.400. The van der Waals surface area contributed by atoms with Gasteiger partial charge in [-0.1, -0.05) is 11.8 Å². The van der Waals surface area contributed by atoms with Gasteiger partial charge >= 0.3 is 0 Å². The van der Waals surface area contributed by atoms with E-state index in [1.165, 1.54) is 11.8 Å². The van der Waals surface area contributed by atoms with Gasteiger partial charge in [0.15, 0.2) is 11.8 Å². The maximum Gasteiger partial charge on any atom is 0.263 e. The molecule has 2 aliphatic rings. The summed E-state index contributed by atoms with van der Waals surface area (Å²) in [5.74, 6) is 1.45. The third-order valence-electron chi connectivity index (χ3n) is 3.42. The quantitative estimate of drug-likeness (QED) is 0.911. The molecule has 0 atom stereocenters. The first-order chi connectivity index (χ1) is 10.7. The second-order valence-corrected chi connectivity index (χ2v) is 6.10. The number of thioether (sulfide) groups is 1. The van der Waals surface area contributed by atoms with Crippen LogP contribution in [0.15, 0.2) is 29.3 Å². The van der Waals surface area contributed by atoms with Gasteiger partial charge in [0.1, 0.15) is 5.75 Å². The number of carbonyl (C=O) groups excluding carboxylic acids is 2. The summed E-state index contributed by atoms with van der Waals surface area (Å²) in [4.78, 5) is 29.3. The molecule has 0 aliphatic carbocycles. The van der Waals surface area contributed by atoms with E-state index in [0.717, 1.165) is 31.0 Å². The Hall–Kier alpha value is -2.02. The van der Waals surface area contributed by atoms with Crippen molar-refractivity contribution in [3.63, 3.8) is 0 Å². The minimum absolute atomic E-state index is 0.0540. The summed E-state index contributed by atoms with van der Waals surface area (Å²) in [6.07, 6.45) is 1.51. The summed E-state index contributed by atoms with van der Waals surface area (Å²) < 4.78 is 5.44. The zero-order valence-corrected chi connectivity index (χ0v) is 12.9. The highest BCUT2D eigenvalue weighted by Gasteiger charge is 2.21. The van der Waals surface area contributed by atoms with Crippen molar-refractivity contribution in [2.45, 2.75) is 12.8 Å². The first-order valence-corrected chi connectivity index (χ1v) is 8.21. The highest BCUT2D eigenvalue weighted by molar-refractivity contribution is 8.14. The number of rotatable bonds is 4. The van der Waals surface area contributed by atoms with Gasteiger partial charge in [0, 0.05) is 24.4 Å².